The molecule has 2 atom stereocenters. The van der Waals surface area contributed by atoms with E-state index in [2.05, 4.69) is 36.1 Å². The number of hydrogen-bond acceptors (Lipinski definition) is 3. The van der Waals surface area contributed by atoms with Crippen molar-refractivity contribution in [2.24, 2.45) is 0 Å². The molecule has 2 aliphatic rings. The minimum atomic E-state index is -0.118. The highest BCUT2D eigenvalue weighted by atomic mass is 16.5. The number of fused-ring (bicyclic) bond motifs is 3. The Morgan fingerprint density at radius 1 is 1.12 bits per heavy atom. The Morgan fingerprint density at radius 2 is 1.88 bits per heavy atom. The molecule has 0 radical (unpaired) electrons. The molecule has 2 aliphatic heterocycles. The van der Waals surface area contributed by atoms with E-state index in [4.69, 9.17) is 4.74 Å². The number of carbonyl (C=O) groups is 1. The maximum Gasteiger partial charge on any atom is 0.244 e. The fourth-order valence-electron chi connectivity index (χ4n) is 3.74. The lowest BCUT2D eigenvalue weighted by Gasteiger charge is -2.29. The predicted octanol–water partition coefficient (Wildman–Crippen LogP) is 2.99. The first kappa shape index (κ1) is 15.2. The van der Waals surface area contributed by atoms with E-state index in [9.17, 15) is 4.79 Å². The molecule has 1 saturated heterocycles. The molecule has 0 aromatic heterocycles. The topological polar surface area (TPSA) is 32.8 Å². The summed E-state index contributed by atoms with van der Waals surface area (Å²) in [5.41, 5.74) is 3.39. The first-order chi connectivity index (χ1) is 11.6. The molecular formula is C20H22N2O2. The van der Waals surface area contributed by atoms with Crippen LogP contribution in [0.2, 0.25) is 0 Å². The second-order valence-corrected chi connectivity index (χ2v) is 6.71. The highest BCUT2D eigenvalue weighted by Crippen LogP contribution is 2.35. The zero-order chi connectivity index (χ0) is 16.7. The molecule has 2 heterocycles. The van der Waals surface area contributed by atoms with Gasteiger partial charge >= 0.3 is 0 Å². The molecule has 0 saturated carbocycles. The Morgan fingerprint density at radius 3 is 2.71 bits per heavy atom. The van der Waals surface area contributed by atoms with Crippen molar-refractivity contribution in [1.29, 1.82) is 0 Å². The van der Waals surface area contributed by atoms with Gasteiger partial charge in [-0.15, -0.1) is 0 Å². The van der Waals surface area contributed by atoms with Gasteiger partial charge in [0.1, 0.15) is 11.9 Å². The zero-order valence-electron chi connectivity index (χ0n) is 14.1. The standard InChI is InChI=1S/C20H22N2O2/c1-14-7-3-4-8-15(14)12-22-13-16-11-18(22)20(23)21(2)17-9-5-6-10-19(17)24-16/h3-10,16,18H,11-13H2,1-2H3/t16-,18-/m0/s1. The van der Waals surface area contributed by atoms with Gasteiger partial charge in [-0.25, -0.2) is 0 Å². The van der Waals surface area contributed by atoms with Gasteiger partial charge in [0, 0.05) is 26.6 Å². The number of amides is 1. The summed E-state index contributed by atoms with van der Waals surface area (Å²) in [6.45, 7) is 3.69. The molecule has 2 aromatic rings. The number of aryl methyl sites for hydroxylation is 1. The van der Waals surface area contributed by atoms with E-state index in [1.807, 2.05) is 31.3 Å². The van der Waals surface area contributed by atoms with Crippen LogP contribution in [0.3, 0.4) is 0 Å². The van der Waals surface area contributed by atoms with Crippen LogP contribution in [-0.4, -0.2) is 36.5 Å². The van der Waals surface area contributed by atoms with Crippen LogP contribution in [0.15, 0.2) is 48.5 Å². The zero-order valence-corrected chi connectivity index (χ0v) is 14.1. The van der Waals surface area contributed by atoms with E-state index in [0.29, 0.717) is 0 Å². The van der Waals surface area contributed by atoms with Crippen LogP contribution in [0.5, 0.6) is 5.75 Å². The number of rotatable bonds is 2. The number of hydrogen-bond donors (Lipinski definition) is 0. The first-order valence-electron chi connectivity index (χ1n) is 8.45. The average molecular weight is 322 g/mol. The Balaban J connectivity index is 1.64. The maximum atomic E-state index is 13.0. The Labute approximate surface area is 142 Å². The number of likely N-dealkylation sites (tertiary alicyclic amines) is 1. The van der Waals surface area contributed by atoms with Gasteiger partial charge in [-0.1, -0.05) is 36.4 Å². The van der Waals surface area contributed by atoms with Crippen molar-refractivity contribution in [1.82, 2.24) is 4.90 Å². The SMILES string of the molecule is Cc1ccccc1CN1C[C@@H]2C[C@H]1C(=O)N(C)c1ccccc1O2. The van der Waals surface area contributed by atoms with Gasteiger partial charge in [0.15, 0.2) is 0 Å². The van der Waals surface area contributed by atoms with Crippen molar-refractivity contribution < 1.29 is 9.53 Å². The van der Waals surface area contributed by atoms with E-state index < -0.39 is 0 Å². The van der Waals surface area contributed by atoms with Crippen molar-refractivity contribution in [3.05, 3.63) is 59.7 Å². The monoisotopic (exact) mass is 322 g/mol. The lowest BCUT2D eigenvalue weighted by molar-refractivity contribution is -0.122. The summed E-state index contributed by atoms with van der Waals surface area (Å²) in [4.78, 5) is 17.0. The third-order valence-electron chi connectivity index (χ3n) is 5.14. The maximum absolute atomic E-state index is 13.0. The molecule has 0 aliphatic carbocycles. The quantitative estimate of drug-likeness (QED) is 0.852. The average Bonchev–Trinajstić information content (AvgIpc) is 2.99. The van der Waals surface area contributed by atoms with Crippen molar-refractivity contribution in [3.8, 4) is 5.75 Å². The minimum Gasteiger partial charge on any atom is -0.487 e. The van der Waals surface area contributed by atoms with Gasteiger partial charge in [-0.3, -0.25) is 9.69 Å². The number of anilines is 1. The number of likely N-dealkylation sites (N-methyl/N-ethyl adjacent to an activating group) is 1. The van der Waals surface area contributed by atoms with Gasteiger partial charge in [0.2, 0.25) is 5.91 Å². The van der Waals surface area contributed by atoms with Crippen LogP contribution in [0.4, 0.5) is 5.69 Å². The van der Waals surface area contributed by atoms with E-state index in [1.165, 1.54) is 11.1 Å². The van der Waals surface area contributed by atoms with Gasteiger partial charge < -0.3 is 9.64 Å². The van der Waals surface area contributed by atoms with Crippen molar-refractivity contribution in [2.75, 3.05) is 18.5 Å². The lowest BCUT2D eigenvalue weighted by atomic mass is 10.1. The van der Waals surface area contributed by atoms with E-state index in [0.717, 1.165) is 30.9 Å². The highest BCUT2D eigenvalue weighted by Gasteiger charge is 2.41. The van der Waals surface area contributed by atoms with Crippen LogP contribution in [0.25, 0.3) is 0 Å². The number of nitrogens with zero attached hydrogens (tertiary/aromatic N) is 2. The summed E-state index contributed by atoms with van der Waals surface area (Å²) in [6.07, 6.45) is 0.821. The summed E-state index contributed by atoms with van der Waals surface area (Å²) in [6, 6.07) is 16.1. The van der Waals surface area contributed by atoms with Crippen molar-refractivity contribution in [3.63, 3.8) is 0 Å². The number of benzene rings is 2. The fraction of sp³-hybridized carbons (Fsp3) is 0.350. The Hall–Kier alpha value is -2.33. The Bertz CT molecular complexity index is 774. The molecule has 0 N–H and O–H groups in total. The van der Waals surface area contributed by atoms with Crippen LogP contribution < -0.4 is 9.64 Å². The molecule has 2 bridgehead atoms. The van der Waals surface area contributed by atoms with Crippen LogP contribution >= 0.6 is 0 Å². The summed E-state index contributed by atoms with van der Waals surface area (Å²) < 4.78 is 6.21. The molecule has 4 heteroatoms. The highest BCUT2D eigenvalue weighted by molar-refractivity contribution is 5.98. The predicted molar refractivity (Wildman–Crippen MR) is 94.3 cm³/mol. The summed E-state index contributed by atoms with van der Waals surface area (Å²) in [5, 5.41) is 0. The number of carbonyl (C=O) groups excluding carboxylic acids is 1. The van der Waals surface area contributed by atoms with Crippen molar-refractivity contribution in [2.45, 2.75) is 32.0 Å². The van der Waals surface area contributed by atoms with Gasteiger partial charge in [-0.2, -0.15) is 0 Å². The fourth-order valence-corrected chi connectivity index (χ4v) is 3.74. The summed E-state index contributed by atoms with van der Waals surface area (Å²) in [7, 11) is 1.84. The molecular weight excluding hydrogens is 300 g/mol. The normalized spacial score (nSPS) is 23.4. The molecule has 24 heavy (non-hydrogen) atoms. The Kier molecular flexibility index (Phi) is 3.77. The molecule has 0 spiro atoms. The molecule has 1 fully saturated rings. The van der Waals surface area contributed by atoms with Crippen LogP contribution in [-0.2, 0) is 11.3 Å². The van der Waals surface area contributed by atoms with Gasteiger partial charge in [0.25, 0.3) is 0 Å². The third kappa shape index (κ3) is 2.57. The number of para-hydroxylation sites is 2. The second-order valence-electron chi connectivity index (χ2n) is 6.71. The molecule has 1 amide bonds. The van der Waals surface area contributed by atoms with E-state index in [-0.39, 0.29) is 18.1 Å². The second kappa shape index (κ2) is 5.95. The first-order valence-corrected chi connectivity index (χ1v) is 8.45. The van der Waals surface area contributed by atoms with Crippen LogP contribution in [0, 0.1) is 6.92 Å². The number of ether oxygens (including phenoxy) is 1. The molecule has 0 unspecified atom stereocenters. The molecule has 4 rings (SSSR count). The van der Waals surface area contributed by atoms with Gasteiger partial charge in [-0.05, 0) is 30.2 Å². The smallest absolute Gasteiger partial charge is 0.244 e. The molecule has 2 aromatic carbocycles. The van der Waals surface area contributed by atoms with E-state index in [1.54, 1.807) is 4.90 Å². The third-order valence-corrected chi connectivity index (χ3v) is 5.14. The minimum absolute atomic E-state index is 0.0674. The van der Waals surface area contributed by atoms with E-state index >= 15 is 0 Å². The largest absolute Gasteiger partial charge is 0.487 e. The molecule has 124 valence electrons. The summed E-state index contributed by atoms with van der Waals surface area (Å²) in [5.74, 6) is 0.955. The van der Waals surface area contributed by atoms with Crippen molar-refractivity contribution >= 4 is 11.6 Å². The summed E-state index contributed by atoms with van der Waals surface area (Å²) >= 11 is 0. The van der Waals surface area contributed by atoms with Crippen LogP contribution in [0.1, 0.15) is 17.5 Å². The van der Waals surface area contributed by atoms with Gasteiger partial charge in [0.05, 0.1) is 11.7 Å². The lowest BCUT2D eigenvalue weighted by Crippen LogP contribution is -2.44. The molecule has 4 nitrogen and oxygen atoms in total.